The molecule has 0 aromatic carbocycles. The summed E-state index contributed by atoms with van der Waals surface area (Å²) >= 11 is 0. The summed E-state index contributed by atoms with van der Waals surface area (Å²) in [4.78, 5) is 23.3. The summed E-state index contributed by atoms with van der Waals surface area (Å²) < 4.78 is 23.7. The molecule has 0 spiro atoms. The van der Waals surface area contributed by atoms with Crippen LogP contribution in [0.15, 0.2) is 72.9 Å². The summed E-state index contributed by atoms with van der Waals surface area (Å²) in [7, 11) is 1.55. The van der Waals surface area contributed by atoms with Crippen LogP contribution in [0.3, 0.4) is 0 Å². The van der Waals surface area contributed by atoms with E-state index in [1.54, 1.807) is 6.08 Å². The molecule has 0 aliphatic heterocycles. The van der Waals surface area contributed by atoms with E-state index >= 15 is 0 Å². The molecule has 3 N–H and O–H groups in total. The molecule has 3 atom stereocenters. The van der Waals surface area contributed by atoms with Gasteiger partial charge in [-0.05, 0) is 70.6 Å². The number of allylic oxidation sites excluding steroid dienone is 11. The van der Waals surface area contributed by atoms with Crippen molar-refractivity contribution in [1.29, 1.82) is 0 Å². The summed E-state index contributed by atoms with van der Waals surface area (Å²) in [5.41, 5.74) is 0. The fraction of sp³-hybridized carbons (Fsp3) is 0.790. The van der Waals surface area contributed by atoms with Crippen LogP contribution in [0.25, 0.3) is 0 Å². The second-order valence-electron chi connectivity index (χ2n) is 21.3. The number of aliphatic hydroxyl groups is 1. The number of amides is 1. The number of likely N-dealkylation sites (N-methyl/N-ethyl adjacent to an activating group) is 1. The first kappa shape index (κ1) is 68.9. The molecule has 0 aliphatic rings. The molecule has 0 rings (SSSR count). The summed E-state index contributed by atoms with van der Waals surface area (Å²) in [6.45, 7) is 4.70. The number of rotatable bonds is 54. The zero-order valence-corrected chi connectivity index (χ0v) is 48.1. The van der Waals surface area contributed by atoms with Gasteiger partial charge in [0, 0.05) is 6.42 Å². The van der Waals surface area contributed by atoms with Gasteiger partial charge in [-0.15, -0.1) is 0 Å². The molecule has 0 bridgehead atoms. The van der Waals surface area contributed by atoms with Crippen LogP contribution in [-0.2, 0) is 18.4 Å². The Morgan fingerprint density at radius 3 is 1.30 bits per heavy atom. The number of quaternary nitrogens is 1. The average Bonchev–Trinajstić information content (AvgIpc) is 3.33. The standard InChI is InChI=1S/C62H115N2O6P/c1-6-8-10-12-14-16-18-20-22-24-26-28-30-32-34-36-38-40-42-44-46-48-50-52-54-56-62(66)63-60(59-70-71(67,68)69-58-57-64(3,4)5)61(65)55-53-51-49-47-45-43-41-39-37-35-33-31-29-27-25-23-21-19-17-15-13-11-9-7-2/h8,10,14,16,20,22,26,28,45,47,53,55,60-61,65H,6-7,9,11-13,15,17-19,21,23-25,27,29-44,46,48-52,54,56-59H2,1-5H3,(H-,63,66,67,68)/p+1/b10-8-,16-14-,22-20-,28-26-,47-45+,55-53+. The molecule has 3 unspecified atom stereocenters. The first-order valence-electron chi connectivity index (χ1n) is 29.8. The van der Waals surface area contributed by atoms with Gasteiger partial charge in [-0.1, -0.05) is 260 Å². The zero-order chi connectivity index (χ0) is 52.0. The highest BCUT2D eigenvalue weighted by molar-refractivity contribution is 7.47. The van der Waals surface area contributed by atoms with Gasteiger partial charge >= 0.3 is 7.82 Å². The Morgan fingerprint density at radius 1 is 0.493 bits per heavy atom. The van der Waals surface area contributed by atoms with Crippen molar-refractivity contribution in [3.05, 3.63) is 72.9 Å². The third-order valence-electron chi connectivity index (χ3n) is 13.2. The maximum absolute atomic E-state index is 13.0. The lowest BCUT2D eigenvalue weighted by Crippen LogP contribution is -2.45. The van der Waals surface area contributed by atoms with Crippen molar-refractivity contribution in [3.63, 3.8) is 0 Å². The topological polar surface area (TPSA) is 105 Å². The van der Waals surface area contributed by atoms with E-state index in [1.807, 2.05) is 27.2 Å². The normalized spacial score (nSPS) is 14.4. The minimum atomic E-state index is -4.36. The van der Waals surface area contributed by atoms with Gasteiger partial charge in [-0.3, -0.25) is 13.8 Å². The Kier molecular flexibility index (Phi) is 51.3. The molecule has 0 saturated carbocycles. The van der Waals surface area contributed by atoms with Crippen molar-refractivity contribution >= 4 is 13.7 Å². The van der Waals surface area contributed by atoms with E-state index in [0.29, 0.717) is 17.4 Å². The predicted molar refractivity (Wildman–Crippen MR) is 309 cm³/mol. The number of nitrogens with zero attached hydrogens (tertiary/aromatic N) is 1. The minimum Gasteiger partial charge on any atom is -0.387 e. The van der Waals surface area contributed by atoms with Crippen LogP contribution >= 0.6 is 7.82 Å². The van der Waals surface area contributed by atoms with E-state index in [2.05, 4.69) is 79.9 Å². The number of unbranched alkanes of at least 4 members (excludes halogenated alkanes) is 31. The van der Waals surface area contributed by atoms with Gasteiger partial charge in [0.1, 0.15) is 13.2 Å². The molecule has 9 heteroatoms. The van der Waals surface area contributed by atoms with Crippen LogP contribution in [0.2, 0.25) is 0 Å². The quantitative estimate of drug-likeness (QED) is 0.0243. The fourth-order valence-corrected chi connectivity index (χ4v) is 9.26. The monoisotopic (exact) mass is 1020 g/mol. The first-order valence-corrected chi connectivity index (χ1v) is 31.3. The van der Waals surface area contributed by atoms with Gasteiger partial charge in [0.05, 0.1) is 39.9 Å². The van der Waals surface area contributed by atoms with Crippen molar-refractivity contribution in [3.8, 4) is 0 Å². The SMILES string of the molecule is CC/C=C\C/C=C\C/C=C\C/C=C\CCCCCCCCCCCCCCC(=O)NC(COP(=O)(O)OCC[N+](C)(C)C)C(O)/C=C/CC/C=C/CCCCCCCCCCCCCCCCCCCC. The molecule has 0 aromatic heterocycles. The number of hydrogen-bond acceptors (Lipinski definition) is 5. The Balaban J connectivity index is 4.24. The van der Waals surface area contributed by atoms with Crippen LogP contribution in [0.1, 0.15) is 264 Å². The van der Waals surface area contributed by atoms with E-state index in [0.717, 1.165) is 64.2 Å². The lowest BCUT2D eigenvalue weighted by atomic mass is 10.0. The summed E-state index contributed by atoms with van der Waals surface area (Å²) in [6, 6.07) is -0.869. The first-order chi connectivity index (χ1) is 34.5. The van der Waals surface area contributed by atoms with Crippen LogP contribution in [-0.4, -0.2) is 73.4 Å². The van der Waals surface area contributed by atoms with Crippen LogP contribution in [0.5, 0.6) is 0 Å². The molecule has 0 aliphatic carbocycles. The number of carbonyl (C=O) groups excluding carboxylic acids is 1. The number of phosphoric ester groups is 1. The van der Waals surface area contributed by atoms with E-state index in [1.165, 1.54) is 180 Å². The molecule has 0 aromatic rings. The van der Waals surface area contributed by atoms with Gasteiger partial charge in [-0.25, -0.2) is 4.57 Å². The van der Waals surface area contributed by atoms with Gasteiger partial charge in [0.2, 0.25) is 5.91 Å². The van der Waals surface area contributed by atoms with Crippen molar-refractivity contribution in [2.45, 2.75) is 276 Å². The minimum absolute atomic E-state index is 0.0536. The van der Waals surface area contributed by atoms with Crippen molar-refractivity contribution < 1.29 is 32.9 Å². The van der Waals surface area contributed by atoms with Crippen LogP contribution < -0.4 is 5.32 Å². The average molecular weight is 1020 g/mol. The summed E-state index contributed by atoms with van der Waals surface area (Å²) in [6.07, 6.45) is 73.0. The van der Waals surface area contributed by atoms with Crippen LogP contribution in [0, 0.1) is 0 Å². The maximum atomic E-state index is 13.0. The van der Waals surface area contributed by atoms with Gasteiger partial charge in [0.25, 0.3) is 0 Å². The van der Waals surface area contributed by atoms with Crippen molar-refractivity contribution in [1.82, 2.24) is 5.32 Å². The fourth-order valence-electron chi connectivity index (χ4n) is 8.52. The van der Waals surface area contributed by atoms with E-state index < -0.39 is 20.0 Å². The highest BCUT2D eigenvalue weighted by Crippen LogP contribution is 2.43. The van der Waals surface area contributed by atoms with Gasteiger partial charge in [0.15, 0.2) is 0 Å². The number of aliphatic hydroxyl groups excluding tert-OH is 1. The Bertz CT molecular complexity index is 1380. The molecule has 8 nitrogen and oxygen atoms in total. The van der Waals surface area contributed by atoms with Gasteiger partial charge < -0.3 is 19.8 Å². The molecule has 0 heterocycles. The summed E-state index contributed by atoms with van der Waals surface area (Å²) in [5.74, 6) is -0.189. The molecule has 0 fully saturated rings. The van der Waals surface area contributed by atoms with E-state index in [4.69, 9.17) is 9.05 Å². The Labute approximate surface area is 440 Å². The number of carbonyl (C=O) groups is 1. The second-order valence-corrected chi connectivity index (χ2v) is 22.8. The molecular weight excluding hydrogens is 900 g/mol. The van der Waals surface area contributed by atoms with Crippen molar-refractivity contribution in [2.24, 2.45) is 0 Å². The number of nitrogens with one attached hydrogen (secondary N) is 1. The highest BCUT2D eigenvalue weighted by atomic mass is 31.2. The summed E-state index contributed by atoms with van der Waals surface area (Å²) in [5, 5.41) is 13.9. The van der Waals surface area contributed by atoms with E-state index in [-0.39, 0.29) is 19.1 Å². The molecule has 0 radical (unpaired) electrons. The lowest BCUT2D eigenvalue weighted by Gasteiger charge is -2.25. The van der Waals surface area contributed by atoms with Crippen LogP contribution in [0.4, 0.5) is 0 Å². The number of hydrogen-bond donors (Lipinski definition) is 3. The third-order valence-corrected chi connectivity index (χ3v) is 14.1. The largest absolute Gasteiger partial charge is 0.472 e. The number of phosphoric acid groups is 1. The lowest BCUT2D eigenvalue weighted by molar-refractivity contribution is -0.870. The molecular formula is C62H116N2O6P+. The highest BCUT2D eigenvalue weighted by Gasteiger charge is 2.27. The molecule has 71 heavy (non-hydrogen) atoms. The van der Waals surface area contributed by atoms with E-state index in [9.17, 15) is 19.4 Å². The van der Waals surface area contributed by atoms with Crippen molar-refractivity contribution in [2.75, 3.05) is 40.9 Å². The Hall–Kier alpha value is -2.06. The maximum Gasteiger partial charge on any atom is 0.472 e. The van der Waals surface area contributed by atoms with Gasteiger partial charge in [-0.2, -0.15) is 0 Å². The smallest absolute Gasteiger partial charge is 0.387 e. The predicted octanol–water partition coefficient (Wildman–Crippen LogP) is 18.3. The molecule has 0 saturated heterocycles. The molecule has 414 valence electrons. The Morgan fingerprint density at radius 2 is 0.859 bits per heavy atom. The third kappa shape index (κ3) is 55.5. The second kappa shape index (κ2) is 52.8. The molecule has 1 amide bonds. The zero-order valence-electron chi connectivity index (χ0n) is 47.2.